The minimum atomic E-state index is -0.350. The van der Waals surface area contributed by atoms with E-state index in [1.54, 1.807) is 12.1 Å². The Morgan fingerprint density at radius 3 is 2.59 bits per heavy atom. The highest BCUT2D eigenvalue weighted by Gasteiger charge is 2.10. The van der Waals surface area contributed by atoms with Gasteiger partial charge in [-0.25, -0.2) is 0 Å². The summed E-state index contributed by atoms with van der Waals surface area (Å²) in [6.45, 7) is 2.91. The number of carbonyl (C=O) groups excluding carboxylic acids is 1. The van der Waals surface area contributed by atoms with Crippen molar-refractivity contribution in [1.29, 1.82) is 0 Å². The number of amides is 1. The van der Waals surface area contributed by atoms with Crippen LogP contribution in [0.1, 0.15) is 40.7 Å². The topological polar surface area (TPSA) is 122 Å². The quantitative estimate of drug-likeness (QED) is 0.389. The molecule has 6 nitrogen and oxygen atoms in total. The van der Waals surface area contributed by atoms with Crippen LogP contribution in [-0.2, 0) is 24.1 Å². The van der Waals surface area contributed by atoms with Crippen molar-refractivity contribution in [3.63, 3.8) is 0 Å². The summed E-state index contributed by atoms with van der Waals surface area (Å²) >= 11 is 0. The molecule has 0 fully saturated rings. The van der Waals surface area contributed by atoms with Gasteiger partial charge in [-0.05, 0) is 72.2 Å². The van der Waals surface area contributed by atoms with E-state index in [-0.39, 0.29) is 18.1 Å². The van der Waals surface area contributed by atoms with E-state index in [4.69, 9.17) is 11.5 Å². The van der Waals surface area contributed by atoms with E-state index >= 15 is 0 Å². The molecule has 0 spiro atoms. The van der Waals surface area contributed by atoms with E-state index in [1.165, 1.54) is 29.3 Å². The number of benzene rings is 3. The van der Waals surface area contributed by atoms with Crippen LogP contribution in [0.3, 0.4) is 0 Å². The van der Waals surface area contributed by atoms with Gasteiger partial charge in [0.1, 0.15) is 11.5 Å². The molecule has 3 aromatic carbocycles. The zero-order chi connectivity index (χ0) is 23.1. The number of carbonyl (C=O) groups is 1. The summed E-state index contributed by atoms with van der Waals surface area (Å²) in [6, 6.07) is 17.2. The summed E-state index contributed by atoms with van der Waals surface area (Å²) in [6.07, 6.45) is 3.94. The number of aryl methyl sites for hydroxylation is 2. The molecule has 1 aliphatic heterocycles. The fourth-order valence-corrected chi connectivity index (χ4v) is 3.93. The Balaban J connectivity index is 0.000000188. The third kappa shape index (κ3) is 6.17. The van der Waals surface area contributed by atoms with Crippen LogP contribution in [0.15, 0.2) is 54.6 Å². The lowest BCUT2D eigenvalue weighted by atomic mass is 9.97. The minimum absolute atomic E-state index is 0.142. The number of phenols is 2. The number of nitrogen functional groups attached to an aromatic ring is 1. The summed E-state index contributed by atoms with van der Waals surface area (Å²) in [5.41, 5.74) is 17.9. The first-order valence-electron chi connectivity index (χ1n) is 10.8. The van der Waals surface area contributed by atoms with Crippen LogP contribution in [0.4, 0.5) is 11.4 Å². The second kappa shape index (κ2) is 10.6. The second-order valence-corrected chi connectivity index (χ2v) is 8.12. The van der Waals surface area contributed by atoms with Gasteiger partial charge in [-0.2, -0.15) is 0 Å². The highest BCUT2D eigenvalue weighted by Crippen LogP contribution is 2.26. The van der Waals surface area contributed by atoms with Crippen molar-refractivity contribution in [1.82, 2.24) is 0 Å². The Labute approximate surface area is 188 Å². The molecular formula is C26H31N3O3. The highest BCUT2D eigenvalue weighted by atomic mass is 16.3. The molecule has 0 saturated carbocycles. The molecule has 0 atom stereocenters. The maximum Gasteiger partial charge on any atom is 0.217 e. The van der Waals surface area contributed by atoms with Gasteiger partial charge in [-0.3, -0.25) is 4.79 Å². The average Bonchev–Trinajstić information content (AvgIpc) is 2.75. The number of nitrogens with one attached hydrogen (secondary N) is 1. The molecule has 3 aromatic rings. The van der Waals surface area contributed by atoms with Crippen molar-refractivity contribution in [2.45, 2.75) is 39.0 Å². The predicted octanol–water partition coefficient (Wildman–Crippen LogP) is 4.04. The fourth-order valence-electron chi connectivity index (χ4n) is 3.93. The molecule has 32 heavy (non-hydrogen) atoms. The molecule has 6 heteroatoms. The zero-order valence-electron chi connectivity index (χ0n) is 18.4. The van der Waals surface area contributed by atoms with E-state index in [0.29, 0.717) is 17.9 Å². The van der Waals surface area contributed by atoms with Crippen LogP contribution in [0.2, 0.25) is 0 Å². The van der Waals surface area contributed by atoms with Crippen LogP contribution in [0.25, 0.3) is 0 Å². The second-order valence-electron chi connectivity index (χ2n) is 8.12. The SMILES string of the molecule is Cc1cc(O)cc(N)c1CCC(N)=O.Oc1ccccc1Cc1ccc2c(c1)CCCN2. The summed E-state index contributed by atoms with van der Waals surface area (Å²) in [7, 11) is 0. The molecule has 7 N–H and O–H groups in total. The number of fused-ring (bicyclic) bond motifs is 1. The number of anilines is 2. The average molecular weight is 434 g/mol. The number of para-hydroxylation sites is 1. The molecule has 0 saturated heterocycles. The minimum Gasteiger partial charge on any atom is -0.508 e. The van der Waals surface area contributed by atoms with Gasteiger partial charge in [0.15, 0.2) is 0 Å². The van der Waals surface area contributed by atoms with Crippen molar-refractivity contribution in [2.24, 2.45) is 5.73 Å². The van der Waals surface area contributed by atoms with Gasteiger partial charge < -0.3 is 27.0 Å². The van der Waals surface area contributed by atoms with Gasteiger partial charge in [-0.15, -0.1) is 0 Å². The van der Waals surface area contributed by atoms with Gasteiger partial charge in [0.25, 0.3) is 0 Å². The maximum absolute atomic E-state index is 10.6. The van der Waals surface area contributed by atoms with Crippen LogP contribution < -0.4 is 16.8 Å². The summed E-state index contributed by atoms with van der Waals surface area (Å²) in [5, 5.41) is 22.4. The van der Waals surface area contributed by atoms with Crippen LogP contribution in [0, 0.1) is 6.92 Å². The van der Waals surface area contributed by atoms with Gasteiger partial charge in [-0.1, -0.05) is 30.3 Å². The smallest absolute Gasteiger partial charge is 0.217 e. The number of primary amides is 1. The Morgan fingerprint density at radius 1 is 1.09 bits per heavy atom. The monoisotopic (exact) mass is 433 g/mol. The lowest BCUT2D eigenvalue weighted by Crippen LogP contribution is -2.12. The van der Waals surface area contributed by atoms with E-state index < -0.39 is 0 Å². The van der Waals surface area contributed by atoms with Gasteiger partial charge in [0, 0.05) is 36.8 Å². The van der Waals surface area contributed by atoms with Crippen LogP contribution in [-0.4, -0.2) is 22.7 Å². The van der Waals surface area contributed by atoms with Gasteiger partial charge in [0.05, 0.1) is 0 Å². The van der Waals surface area contributed by atoms with Crippen molar-refractivity contribution >= 4 is 17.3 Å². The highest BCUT2D eigenvalue weighted by molar-refractivity contribution is 5.74. The Hall–Kier alpha value is -3.67. The normalized spacial score (nSPS) is 12.2. The molecule has 1 heterocycles. The first-order valence-corrected chi connectivity index (χ1v) is 10.8. The molecular weight excluding hydrogens is 402 g/mol. The summed E-state index contributed by atoms with van der Waals surface area (Å²) in [5.74, 6) is 0.174. The number of phenolic OH excluding ortho intramolecular Hbond substituents is 2. The van der Waals surface area contributed by atoms with E-state index in [0.717, 1.165) is 36.1 Å². The van der Waals surface area contributed by atoms with Crippen molar-refractivity contribution in [3.05, 3.63) is 82.4 Å². The number of nitrogens with two attached hydrogens (primary N) is 2. The standard InChI is InChI=1S/C16H17NO.C10H14N2O2/c18-16-6-2-1-4-14(16)11-12-7-8-15-13(10-12)5-3-9-17-15;1-6-4-7(13)5-9(11)8(6)2-3-10(12)14/h1-2,4,6-8,10,17-18H,3,5,9,11H2;4-5,13H,2-3,11H2,1H3,(H2,12,14). The number of hydrogen-bond donors (Lipinski definition) is 5. The molecule has 4 rings (SSSR count). The summed E-state index contributed by atoms with van der Waals surface area (Å²) < 4.78 is 0. The maximum atomic E-state index is 10.6. The molecule has 0 aliphatic carbocycles. The predicted molar refractivity (Wildman–Crippen MR) is 129 cm³/mol. The van der Waals surface area contributed by atoms with E-state index in [2.05, 4.69) is 23.5 Å². The summed E-state index contributed by atoms with van der Waals surface area (Å²) in [4.78, 5) is 10.6. The van der Waals surface area contributed by atoms with E-state index in [9.17, 15) is 15.0 Å². The first kappa shape index (κ1) is 23.0. The first-order chi connectivity index (χ1) is 15.3. The van der Waals surface area contributed by atoms with Crippen LogP contribution in [0.5, 0.6) is 11.5 Å². The van der Waals surface area contributed by atoms with Gasteiger partial charge in [0.2, 0.25) is 5.91 Å². The van der Waals surface area contributed by atoms with Crippen molar-refractivity contribution < 1.29 is 15.0 Å². The lowest BCUT2D eigenvalue weighted by Gasteiger charge is -2.18. The Bertz CT molecular complexity index is 1070. The number of aromatic hydroxyl groups is 2. The molecule has 0 bridgehead atoms. The molecule has 0 aromatic heterocycles. The van der Waals surface area contributed by atoms with Gasteiger partial charge >= 0.3 is 0 Å². The number of hydrogen-bond acceptors (Lipinski definition) is 5. The van der Waals surface area contributed by atoms with Crippen LogP contribution >= 0.6 is 0 Å². The van der Waals surface area contributed by atoms with E-state index in [1.807, 2.05) is 25.1 Å². The Morgan fingerprint density at radius 2 is 1.88 bits per heavy atom. The molecule has 0 radical (unpaired) electrons. The Kier molecular flexibility index (Phi) is 7.60. The lowest BCUT2D eigenvalue weighted by molar-refractivity contribution is -0.117. The van der Waals surface area contributed by atoms with Crippen molar-refractivity contribution in [2.75, 3.05) is 17.6 Å². The zero-order valence-corrected chi connectivity index (χ0v) is 18.4. The number of rotatable bonds is 5. The molecule has 0 unspecified atom stereocenters. The fraction of sp³-hybridized carbons (Fsp3) is 0.269. The third-order valence-corrected chi connectivity index (χ3v) is 5.61. The largest absolute Gasteiger partial charge is 0.508 e. The van der Waals surface area contributed by atoms with Crippen molar-refractivity contribution in [3.8, 4) is 11.5 Å². The molecule has 168 valence electrons. The molecule has 1 amide bonds. The third-order valence-electron chi connectivity index (χ3n) is 5.61. The molecule has 1 aliphatic rings.